The van der Waals surface area contributed by atoms with E-state index in [2.05, 4.69) is 28.4 Å². The van der Waals surface area contributed by atoms with Gasteiger partial charge in [-0.15, -0.1) is 11.6 Å². The summed E-state index contributed by atoms with van der Waals surface area (Å²) in [6, 6.07) is 3.97. The van der Waals surface area contributed by atoms with Crippen molar-refractivity contribution in [3.63, 3.8) is 0 Å². The van der Waals surface area contributed by atoms with Crippen LogP contribution in [0.25, 0.3) is 11.2 Å². The minimum absolute atomic E-state index is 0.606. The average Bonchev–Trinajstić information content (AvgIpc) is 2.81. The van der Waals surface area contributed by atoms with E-state index in [1.165, 1.54) is 25.7 Å². The fraction of sp³-hybridized carbons (Fsp3) is 0.625. The Labute approximate surface area is 126 Å². The molecular formula is C16H24ClN3. The molecule has 0 aromatic carbocycles. The molecule has 0 aliphatic rings. The van der Waals surface area contributed by atoms with E-state index < -0.39 is 0 Å². The van der Waals surface area contributed by atoms with Gasteiger partial charge < -0.3 is 4.57 Å². The minimum atomic E-state index is 0.606. The highest BCUT2D eigenvalue weighted by atomic mass is 35.5. The Morgan fingerprint density at radius 2 is 2.20 bits per heavy atom. The van der Waals surface area contributed by atoms with Gasteiger partial charge in [0.15, 0.2) is 5.65 Å². The molecule has 2 heterocycles. The SMILES string of the molecule is CCCCC(CC)Cn1c(CCCl)nc2cccnc21. The Morgan fingerprint density at radius 3 is 2.90 bits per heavy atom. The van der Waals surface area contributed by atoms with Gasteiger partial charge in [-0.05, 0) is 24.5 Å². The third-order valence-corrected chi connectivity index (χ3v) is 4.07. The highest BCUT2D eigenvalue weighted by Crippen LogP contribution is 2.21. The van der Waals surface area contributed by atoms with Gasteiger partial charge in [0.2, 0.25) is 0 Å². The van der Waals surface area contributed by atoms with Crippen molar-refractivity contribution >= 4 is 22.8 Å². The van der Waals surface area contributed by atoms with Gasteiger partial charge in [0.1, 0.15) is 11.3 Å². The summed E-state index contributed by atoms with van der Waals surface area (Å²) in [5.74, 6) is 2.38. The minimum Gasteiger partial charge on any atom is -0.312 e. The Hall–Kier alpha value is -1.09. The lowest BCUT2D eigenvalue weighted by molar-refractivity contribution is 0.389. The summed E-state index contributed by atoms with van der Waals surface area (Å²) in [6.07, 6.45) is 7.68. The molecular weight excluding hydrogens is 270 g/mol. The van der Waals surface area contributed by atoms with Crippen LogP contribution in [0.1, 0.15) is 45.4 Å². The second-order valence-electron chi connectivity index (χ2n) is 5.34. The maximum atomic E-state index is 5.92. The van der Waals surface area contributed by atoms with Crippen LogP contribution in [0.15, 0.2) is 18.3 Å². The molecule has 0 saturated carbocycles. The second kappa shape index (κ2) is 7.63. The molecule has 0 amide bonds. The van der Waals surface area contributed by atoms with Crippen molar-refractivity contribution in [3.8, 4) is 0 Å². The average molecular weight is 294 g/mol. The maximum Gasteiger partial charge on any atom is 0.159 e. The van der Waals surface area contributed by atoms with Crippen molar-refractivity contribution in [2.24, 2.45) is 5.92 Å². The fourth-order valence-electron chi connectivity index (χ4n) is 2.65. The number of aryl methyl sites for hydroxylation is 1. The van der Waals surface area contributed by atoms with Crippen LogP contribution in [0.2, 0.25) is 0 Å². The number of hydrogen-bond donors (Lipinski definition) is 0. The Kier molecular flexibility index (Phi) is 5.84. The monoisotopic (exact) mass is 293 g/mol. The van der Waals surface area contributed by atoms with Gasteiger partial charge in [-0.25, -0.2) is 9.97 Å². The third kappa shape index (κ3) is 3.51. The number of halogens is 1. The van der Waals surface area contributed by atoms with E-state index in [9.17, 15) is 0 Å². The maximum absolute atomic E-state index is 5.92. The van der Waals surface area contributed by atoms with Gasteiger partial charge >= 0.3 is 0 Å². The highest BCUT2D eigenvalue weighted by molar-refractivity contribution is 6.17. The predicted octanol–water partition coefficient (Wildman–Crippen LogP) is 4.43. The molecule has 0 aliphatic carbocycles. The molecule has 1 unspecified atom stereocenters. The summed E-state index contributed by atoms with van der Waals surface area (Å²) in [5.41, 5.74) is 1.99. The van der Waals surface area contributed by atoms with Gasteiger partial charge in [-0.3, -0.25) is 0 Å². The number of rotatable bonds is 8. The molecule has 0 saturated heterocycles. The van der Waals surface area contributed by atoms with Crippen LogP contribution in [0.3, 0.4) is 0 Å². The van der Waals surface area contributed by atoms with Gasteiger partial charge in [-0.2, -0.15) is 0 Å². The van der Waals surface area contributed by atoms with Crippen LogP contribution in [-0.4, -0.2) is 20.4 Å². The van der Waals surface area contributed by atoms with Gasteiger partial charge in [0, 0.05) is 25.0 Å². The van der Waals surface area contributed by atoms with Crippen molar-refractivity contribution in [2.45, 2.75) is 52.5 Å². The van der Waals surface area contributed by atoms with E-state index >= 15 is 0 Å². The fourth-order valence-corrected chi connectivity index (χ4v) is 2.82. The molecule has 20 heavy (non-hydrogen) atoms. The number of aromatic nitrogens is 3. The van der Waals surface area contributed by atoms with E-state index in [-0.39, 0.29) is 0 Å². The molecule has 0 N–H and O–H groups in total. The lowest BCUT2D eigenvalue weighted by Gasteiger charge is -2.17. The summed E-state index contributed by atoms with van der Waals surface area (Å²) in [6.45, 7) is 5.53. The molecule has 0 fully saturated rings. The van der Waals surface area contributed by atoms with E-state index in [0.29, 0.717) is 11.8 Å². The first kappa shape index (κ1) is 15.3. The molecule has 110 valence electrons. The zero-order valence-corrected chi connectivity index (χ0v) is 13.2. The predicted molar refractivity (Wildman–Crippen MR) is 85.3 cm³/mol. The molecule has 0 radical (unpaired) electrons. The van der Waals surface area contributed by atoms with Gasteiger partial charge in [-0.1, -0.05) is 33.1 Å². The lowest BCUT2D eigenvalue weighted by atomic mass is 9.99. The summed E-state index contributed by atoms with van der Waals surface area (Å²) < 4.78 is 2.28. The molecule has 0 spiro atoms. The molecule has 2 aromatic rings. The zero-order chi connectivity index (χ0) is 14.4. The van der Waals surface area contributed by atoms with Crippen LogP contribution in [0.5, 0.6) is 0 Å². The van der Waals surface area contributed by atoms with E-state index in [1.54, 1.807) is 0 Å². The molecule has 2 aromatic heterocycles. The third-order valence-electron chi connectivity index (χ3n) is 3.88. The quantitative estimate of drug-likeness (QED) is 0.674. The second-order valence-corrected chi connectivity index (χ2v) is 5.72. The molecule has 3 nitrogen and oxygen atoms in total. The summed E-state index contributed by atoms with van der Waals surface area (Å²) in [5, 5.41) is 0. The zero-order valence-electron chi connectivity index (χ0n) is 12.5. The smallest absolute Gasteiger partial charge is 0.159 e. The normalized spacial score (nSPS) is 12.9. The first-order valence-electron chi connectivity index (χ1n) is 7.66. The molecule has 2 rings (SSSR count). The van der Waals surface area contributed by atoms with Crippen LogP contribution in [0.4, 0.5) is 0 Å². The number of imidazole rings is 1. The summed E-state index contributed by atoms with van der Waals surface area (Å²) in [7, 11) is 0. The van der Waals surface area contributed by atoms with Crippen LogP contribution >= 0.6 is 11.6 Å². The van der Waals surface area contributed by atoms with Gasteiger partial charge in [0.25, 0.3) is 0 Å². The lowest BCUT2D eigenvalue weighted by Crippen LogP contribution is -2.13. The van der Waals surface area contributed by atoms with Crippen LogP contribution in [0, 0.1) is 5.92 Å². The first-order valence-corrected chi connectivity index (χ1v) is 8.19. The van der Waals surface area contributed by atoms with Crippen molar-refractivity contribution in [2.75, 3.05) is 5.88 Å². The van der Waals surface area contributed by atoms with E-state index in [1.807, 2.05) is 18.3 Å². The van der Waals surface area contributed by atoms with E-state index in [0.717, 1.165) is 30.0 Å². The Balaban J connectivity index is 2.27. The topological polar surface area (TPSA) is 30.7 Å². The molecule has 0 bridgehead atoms. The largest absolute Gasteiger partial charge is 0.312 e. The molecule has 4 heteroatoms. The number of hydrogen-bond acceptors (Lipinski definition) is 2. The number of pyridine rings is 1. The molecule has 1 atom stereocenters. The Bertz CT molecular complexity index is 536. The van der Waals surface area contributed by atoms with Crippen molar-refractivity contribution in [1.82, 2.24) is 14.5 Å². The number of alkyl halides is 1. The highest BCUT2D eigenvalue weighted by Gasteiger charge is 2.15. The Morgan fingerprint density at radius 1 is 1.35 bits per heavy atom. The standard InChI is InChI=1S/C16H24ClN3/c1-3-5-7-13(4-2)12-20-15(9-10-17)19-14-8-6-11-18-16(14)20/h6,8,11,13H,3-5,7,9-10,12H2,1-2H3. The van der Waals surface area contributed by atoms with Crippen LogP contribution in [-0.2, 0) is 13.0 Å². The number of nitrogens with zero attached hydrogens (tertiary/aromatic N) is 3. The van der Waals surface area contributed by atoms with Crippen LogP contribution < -0.4 is 0 Å². The van der Waals surface area contributed by atoms with Crippen molar-refractivity contribution < 1.29 is 0 Å². The summed E-state index contributed by atoms with van der Waals surface area (Å²) >= 11 is 5.92. The first-order chi connectivity index (χ1) is 9.80. The summed E-state index contributed by atoms with van der Waals surface area (Å²) in [4.78, 5) is 9.20. The van der Waals surface area contributed by atoms with E-state index in [4.69, 9.17) is 11.6 Å². The van der Waals surface area contributed by atoms with Crippen molar-refractivity contribution in [3.05, 3.63) is 24.2 Å². The number of fused-ring (bicyclic) bond motifs is 1. The van der Waals surface area contributed by atoms with Gasteiger partial charge in [0.05, 0.1) is 0 Å². The van der Waals surface area contributed by atoms with Crippen molar-refractivity contribution in [1.29, 1.82) is 0 Å². The number of unbranched alkanes of at least 4 members (excludes halogenated alkanes) is 1. The molecule has 0 aliphatic heterocycles.